The zero-order chi connectivity index (χ0) is 31.1. The van der Waals surface area contributed by atoms with E-state index in [1.54, 1.807) is 0 Å². The Hall–Kier alpha value is -5.83. The summed E-state index contributed by atoms with van der Waals surface area (Å²) in [5.74, 6) is 1.31. The number of hydrogen-bond acceptors (Lipinski definition) is 4. The van der Waals surface area contributed by atoms with Crippen molar-refractivity contribution in [2.24, 2.45) is 0 Å². The second-order valence-corrected chi connectivity index (χ2v) is 14.7. The van der Waals surface area contributed by atoms with Gasteiger partial charge in [0.05, 0.1) is 38.7 Å². The molecule has 3 aliphatic rings. The Labute approximate surface area is 273 Å². The first-order chi connectivity index (χ1) is 23.2. The van der Waals surface area contributed by atoms with E-state index in [1.165, 1.54) is 11.1 Å². The van der Waals surface area contributed by atoms with Gasteiger partial charge in [0.1, 0.15) is 11.5 Å². The summed E-state index contributed by atoms with van der Waals surface area (Å²) >= 11 is 0. The van der Waals surface area contributed by atoms with Crippen LogP contribution in [0, 0.1) is 0 Å². The summed E-state index contributed by atoms with van der Waals surface area (Å²) in [5, 5.41) is 2.39. The van der Waals surface area contributed by atoms with Gasteiger partial charge >= 0.3 is 0 Å². The molecule has 0 saturated carbocycles. The molecule has 4 nitrogen and oxygen atoms in total. The number of ether oxygens (including phenoxy) is 1. The summed E-state index contributed by atoms with van der Waals surface area (Å²) in [5.41, 5.74) is 10.3. The number of benzene rings is 7. The number of anilines is 6. The van der Waals surface area contributed by atoms with Crippen molar-refractivity contribution in [2.45, 2.75) is 0 Å². The largest absolute Gasteiger partial charge is 0.456 e. The van der Waals surface area contributed by atoms with Crippen molar-refractivity contribution in [3.05, 3.63) is 164 Å². The maximum atomic E-state index is 16.1. The molecule has 0 amide bonds. The zero-order valence-electron chi connectivity index (χ0n) is 25.2. The molecule has 0 spiro atoms. The summed E-state index contributed by atoms with van der Waals surface area (Å²) in [6, 6.07) is 56.4. The van der Waals surface area contributed by atoms with Crippen molar-refractivity contribution in [1.82, 2.24) is 0 Å². The molecule has 5 heteroatoms. The maximum absolute atomic E-state index is 16.1. The average molecular weight is 623 g/mol. The molecule has 0 N–H and O–H groups in total. The predicted molar refractivity (Wildman–Crippen MR) is 193 cm³/mol. The molecule has 0 fully saturated rings. The second kappa shape index (κ2) is 9.83. The van der Waals surface area contributed by atoms with Gasteiger partial charge in [0.25, 0.3) is 0 Å². The van der Waals surface area contributed by atoms with E-state index < -0.39 is 7.14 Å². The van der Waals surface area contributed by atoms with E-state index in [2.05, 4.69) is 137 Å². The Morgan fingerprint density at radius 1 is 0.362 bits per heavy atom. The molecule has 0 radical (unpaired) electrons. The highest BCUT2D eigenvalue weighted by Crippen LogP contribution is 2.65. The molecule has 3 aliphatic heterocycles. The lowest BCUT2D eigenvalue weighted by molar-refractivity contribution is 0.485. The first-order valence-electron chi connectivity index (χ1n) is 15.8. The number of nitrogens with zero attached hydrogens (tertiary/aromatic N) is 2. The minimum atomic E-state index is -3.32. The lowest BCUT2D eigenvalue weighted by Crippen LogP contribution is -2.45. The Morgan fingerprint density at radius 2 is 0.723 bits per heavy atom. The number of hydrogen-bond donors (Lipinski definition) is 0. The first kappa shape index (κ1) is 26.4. The molecular formula is C42H27N2O2P. The van der Waals surface area contributed by atoms with Crippen LogP contribution in [0.2, 0.25) is 0 Å². The van der Waals surface area contributed by atoms with Gasteiger partial charge in [-0.1, -0.05) is 103 Å². The molecular weight excluding hydrogens is 595 g/mol. The molecule has 0 unspecified atom stereocenters. The second-order valence-electron chi connectivity index (χ2n) is 12.1. The van der Waals surface area contributed by atoms with E-state index in [4.69, 9.17) is 4.74 Å². The van der Waals surface area contributed by atoms with Crippen LogP contribution in [0.1, 0.15) is 0 Å². The molecule has 0 saturated heterocycles. The van der Waals surface area contributed by atoms with Crippen LogP contribution in [0.15, 0.2) is 164 Å². The van der Waals surface area contributed by atoms with Crippen LogP contribution >= 0.6 is 7.14 Å². The molecule has 7 aromatic rings. The fraction of sp³-hybridized carbons (Fsp3) is 0. The third-order valence-electron chi connectivity index (χ3n) is 9.54. The molecule has 7 aromatic carbocycles. The summed E-state index contributed by atoms with van der Waals surface area (Å²) < 4.78 is 22.7. The van der Waals surface area contributed by atoms with E-state index >= 15 is 4.57 Å². The van der Waals surface area contributed by atoms with Gasteiger partial charge in [0.15, 0.2) is 7.14 Å². The molecule has 0 aromatic heterocycles. The van der Waals surface area contributed by atoms with Crippen molar-refractivity contribution in [3.63, 3.8) is 0 Å². The first-order valence-corrected chi connectivity index (χ1v) is 17.5. The average Bonchev–Trinajstić information content (AvgIpc) is 3.13. The molecule has 0 aliphatic carbocycles. The summed E-state index contributed by atoms with van der Waals surface area (Å²) in [6.45, 7) is 0. The SMILES string of the molecule is O=P12c3c4cccc3N(c3ccc(-c5ccccc5)cc3)c3cccc(c31)N(c1ccc(-c3ccccc3)cc1)c1cccc(c12)O4. The normalized spacial score (nSPS) is 14.3. The standard InChI is InChI=1S/C42H27N2O2P/c45-47-40-34-14-7-15-35(40)44(33-26-22-31(23-27-33)29-12-5-2-6-13-29)37-17-9-19-39(42(37)47)46-38-18-8-16-36(41(38)47)43(34)32-24-20-30(21-25-32)28-10-3-1-4-11-28/h1-27H. The van der Waals surface area contributed by atoms with E-state index in [-0.39, 0.29) is 0 Å². The minimum Gasteiger partial charge on any atom is -0.456 e. The highest BCUT2D eigenvalue weighted by molar-refractivity contribution is 7.87. The van der Waals surface area contributed by atoms with Crippen LogP contribution in [0.5, 0.6) is 11.5 Å². The van der Waals surface area contributed by atoms with Crippen molar-refractivity contribution in [2.75, 3.05) is 9.80 Å². The molecule has 3 heterocycles. The Morgan fingerprint density at radius 3 is 1.15 bits per heavy atom. The van der Waals surface area contributed by atoms with Gasteiger partial charge in [-0.05, 0) is 82.9 Å². The lowest BCUT2D eigenvalue weighted by atomic mass is 10.0. The molecule has 47 heavy (non-hydrogen) atoms. The lowest BCUT2D eigenvalue weighted by Gasteiger charge is -2.46. The van der Waals surface area contributed by atoms with Crippen LogP contribution in [-0.4, -0.2) is 0 Å². The quantitative estimate of drug-likeness (QED) is 0.183. The highest BCUT2D eigenvalue weighted by Gasteiger charge is 2.53. The van der Waals surface area contributed by atoms with Crippen molar-refractivity contribution < 1.29 is 9.30 Å². The monoisotopic (exact) mass is 622 g/mol. The summed E-state index contributed by atoms with van der Waals surface area (Å²) in [7, 11) is -3.32. The molecule has 0 atom stereocenters. The van der Waals surface area contributed by atoms with Gasteiger partial charge in [-0.2, -0.15) is 0 Å². The van der Waals surface area contributed by atoms with Gasteiger partial charge in [0.2, 0.25) is 0 Å². The highest BCUT2D eigenvalue weighted by atomic mass is 31.2. The van der Waals surface area contributed by atoms with Gasteiger partial charge in [-0.3, -0.25) is 0 Å². The molecule has 0 bridgehead atoms. The fourth-order valence-electron chi connectivity index (χ4n) is 7.52. The summed E-state index contributed by atoms with van der Waals surface area (Å²) in [4.78, 5) is 4.50. The van der Waals surface area contributed by atoms with Crippen LogP contribution in [0.3, 0.4) is 0 Å². The van der Waals surface area contributed by atoms with E-state index in [1.807, 2.05) is 36.4 Å². The third kappa shape index (κ3) is 3.68. The van der Waals surface area contributed by atoms with Crippen molar-refractivity contribution >= 4 is 57.2 Å². The Bertz CT molecular complexity index is 2240. The van der Waals surface area contributed by atoms with E-state index in [0.29, 0.717) is 11.5 Å². The smallest absolute Gasteiger partial charge is 0.186 e. The topological polar surface area (TPSA) is 32.8 Å². The van der Waals surface area contributed by atoms with Crippen LogP contribution in [-0.2, 0) is 4.57 Å². The number of rotatable bonds is 4. The molecule has 222 valence electrons. The van der Waals surface area contributed by atoms with Crippen molar-refractivity contribution in [1.29, 1.82) is 0 Å². The van der Waals surface area contributed by atoms with Gasteiger partial charge in [-0.25, -0.2) is 0 Å². The van der Waals surface area contributed by atoms with Gasteiger partial charge in [-0.15, -0.1) is 0 Å². The van der Waals surface area contributed by atoms with Gasteiger partial charge < -0.3 is 19.1 Å². The fourth-order valence-corrected chi connectivity index (χ4v) is 11.0. The minimum absolute atomic E-state index is 0.655. The van der Waals surface area contributed by atoms with Crippen LogP contribution in [0.25, 0.3) is 22.3 Å². The zero-order valence-corrected chi connectivity index (χ0v) is 26.1. The van der Waals surface area contributed by atoms with Crippen LogP contribution < -0.4 is 30.5 Å². The van der Waals surface area contributed by atoms with Crippen molar-refractivity contribution in [3.8, 4) is 33.8 Å². The summed E-state index contributed by atoms with van der Waals surface area (Å²) in [6.07, 6.45) is 0. The maximum Gasteiger partial charge on any atom is 0.186 e. The predicted octanol–water partition coefficient (Wildman–Crippen LogP) is 10.3. The Balaban J connectivity index is 1.20. The molecule has 10 rings (SSSR count). The van der Waals surface area contributed by atoms with Crippen LogP contribution in [0.4, 0.5) is 34.1 Å². The van der Waals surface area contributed by atoms with E-state index in [9.17, 15) is 0 Å². The third-order valence-corrected chi connectivity index (χ3v) is 12.8. The Kier molecular flexibility index (Phi) is 5.52. The van der Waals surface area contributed by atoms with Gasteiger partial charge in [0, 0.05) is 11.4 Å². The van der Waals surface area contributed by atoms with E-state index in [0.717, 1.165) is 61.2 Å².